The molecule has 0 spiro atoms. The Balaban J connectivity index is 1.45. The summed E-state index contributed by atoms with van der Waals surface area (Å²) in [6.45, 7) is 1.29. The van der Waals surface area contributed by atoms with E-state index >= 15 is 0 Å². The standard InChI is InChI=1S/C20H23FN4O/c1-26-17-5-2-14(3-6-17)8-10-23-20(22)24-11-9-15-13-25-19-12-16(21)4-7-18(15)19/h2-7,12-13,25H,8-11H2,1H3,(H3,22,23,24). The first-order chi connectivity index (χ1) is 12.7. The fourth-order valence-electron chi connectivity index (χ4n) is 2.85. The molecule has 0 radical (unpaired) electrons. The second kappa shape index (κ2) is 8.38. The van der Waals surface area contributed by atoms with Crippen molar-refractivity contribution >= 4 is 16.9 Å². The van der Waals surface area contributed by atoms with E-state index in [1.807, 2.05) is 30.5 Å². The molecule has 0 aliphatic heterocycles. The molecule has 0 aliphatic rings. The van der Waals surface area contributed by atoms with Crippen LogP contribution < -0.4 is 15.8 Å². The first-order valence-electron chi connectivity index (χ1n) is 8.58. The number of nitrogens with zero attached hydrogens (tertiary/aromatic N) is 1. The van der Waals surface area contributed by atoms with E-state index in [-0.39, 0.29) is 5.82 Å². The molecule has 3 rings (SSSR count). The average Bonchev–Trinajstić information content (AvgIpc) is 3.04. The molecule has 6 heteroatoms. The number of rotatable bonds is 7. The van der Waals surface area contributed by atoms with E-state index in [9.17, 15) is 4.39 Å². The number of hydrogen-bond acceptors (Lipinski definition) is 2. The predicted molar refractivity (Wildman–Crippen MR) is 103 cm³/mol. The predicted octanol–water partition coefficient (Wildman–Crippen LogP) is 3.01. The highest BCUT2D eigenvalue weighted by Crippen LogP contribution is 2.19. The number of ether oxygens (including phenoxy) is 1. The number of halogens is 1. The van der Waals surface area contributed by atoms with E-state index < -0.39 is 0 Å². The van der Waals surface area contributed by atoms with Gasteiger partial charge in [0.15, 0.2) is 5.96 Å². The van der Waals surface area contributed by atoms with Gasteiger partial charge in [-0.25, -0.2) is 4.39 Å². The maximum Gasteiger partial charge on any atom is 0.188 e. The normalized spacial score (nSPS) is 11.7. The van der Waals surface area contributed by atoms with Gasteiger partial charge in [0.2, 0.25) is 0 Å². The molecule has 0 amide bonds. The third-order valence-electron chi connectivity index (χ3n) is 4.27. The monoisotopic (exact) mass is 354 g/mol. The number of nitrogens with one attached hydrogen (secondary N) is 2. The van der Waals surface area contributed by atoms with Crippen LogP contribution in [0.25, 0.3) is 10.9 Å². The Morgan fingerprint density at radius 1 is 1.19 bits per heavy atom. The molecule has 1 aromatic heterocycles. The summed E-state index contributed by atoms with van der Waals surface area (Å²) in [7, 11) is 1.66. The molecule has 0 saturated heterocycles. The van der Waals surface area contributed by atoms with Crippen molar-refractivity contribution in [2.75, 3.05) is 20.2 Å². The van der Waals surface area contributed by atoms with E-state index in [0.717, 1.165) is 35.1 Å². The number of methoxy groups -OCH3 is 1. The minimum atomic E-state index is -0.241. The van der Waals surface area contributed by atoms with Crippen LogP contribution in [0, 0.1) is 5.82 Å². The second-order valence-corrected chi connectivity index (χ2v) is 6.05. The van der Waals surface area contributed by atoms with Gasteiger partial charge in [-0.3, -0.25) is 4.99 Å². The Labute approximate surface area is 152 Å². The topological polar surface area (TPSA) is 75.4 Å². The second-order valence-electron chi connectivity index (χ2n) is 6.05. The van der Waals surface area contributed by atoms with Gasteiger partial charge in [-0.2, -0.15) is 0 Å². The number of nitrogens with two attached hydrogens (primary N) is 1. The third kappa shape index (κ3) is 4.53. The summed E-state index contributed by atoms with van der Waals surface area (Å²) in [6, 6.07) is 12.7. The first kappa shape index (κ1) is 17.8. The molecule has 2 aromatic carbocycles. The maximum atomic E-state index is 13.2. The minimum Gasteiger partial charge on any atom is -0.497 e. The zero-order valence-electron chi connectivity index (χ0n) is 14.8. The summed E-state index contributed by atoms with van der Waals surface area (Å²) >= 11 is 0. The fraction of sp³-hybridized carbons (Fsp3) is 0.250. The largest absolute Gasteiger partial charge is 0.497 e. The van der Waals surface area contributed by atoms with Gasteiger partial charge in [0, 0.05) is 30.2 Å². The van der Waals surface area contributed by atoms with Crippen molar-refractivity contribution in [1.29, 1.82) is 0 Å². The molecule has 3 aromatic rings. The van der Waals surface area contributed by atoms with E-state index in [0.29, 0.717) is 19.0 Å². The summed E-state index contributed by atoms with van der Waals surface area (Å²) in [5.41, 5.74) is 9.03. The number of guanidine groups is 1. The van der Waals surface area contributed by atoms with Crippen LogP contribution in [0.2, 0.25) is 0 Å². The smallest absolute Gasteiger partial charge is 0.188 e. The van der Waals surface area contributed by atoms with Crippen molar-refractivity contribution in [2.45, 2.75) is 12.8 Å². The Hall–Kier alpha value is -3.02. The van der Waals surface area contributed by atoms with E-state index in [4.69, 9.17) is 10.5 Å². The lowest BCUT2D eigenvalue weighted by Gasteiger charge is -2.06. The van der Waals surface area contributed by atoms with Crippen LogP contribution in [-0.2, 0) is 12.8 Å². The minimum absolute atomic E-state index is 0.241. The summed E-state index contributed by atoms with van der Waals surface area (Å²) < 4.78 is 18.4. The average molecular weight is 354 g/mol. The van der Waals surface area contributed by atoms with Crippen LogP contribution in [0.4, 0.5) is 4.39 Å². The lowest BCUT2D eigenvalue weighted by Crippen LogP contribution is -2.33. The molecule has 4 N–H and O–H groups in total. The van der Waals surface area contributed by atoms with Crippen molar-refractivity contribution in [3.05, 3.63) is 65.6 Å². The van der Waals surface area contributed by atoms with Gasteiger partial charge < -0.3 is 20.8 Å². The highest BCUT2D eigenvalue weighted by molar-refractivity contribution is 5.83. The maximum absolute atomic E-state index is 13.2. The number of hydrogen-bond donors (Lipinski definition) is 3. The van der Waals surface area contributed by atoms with Gasteiger partial charge in [0.05, 0.1) is 7.11 Å². The Bertz CT molecular complexity index is 886. The highest BCUT2D eigenvalue weighted by atomic mass is 19.1. The molecular formula is C20H23FN4O. The molecule has 0 unspecified atom stereocenters. The van der Waals surface area contributed by atoms with Gasteiger partial charge in [-0.15, -0.1) is 0 Å². The zero-order valence-corrected chi connectivity index (χ0v) is 14.8. The van der Waals surface area contributed by atoms with Crippen molar-refractivity contribution < 1.29 is 9.13 Å². The van der Waals surface area contributed by atoms with Gasteiger partial charge in [-0.1, -0.05) is 12.1 Å². The van der Waals surface area contributed by atoms with Gasteiger partial charge >= 0.3 is 0 Å². The molecule has 0 fully saturated rings. The van der Waals surface area contributed by atoms with Crippen LogP contribution >= 0.6 is 0 Å². The van der Waals surface area contributed by atoms with Crippen molar-refractivity contribution in [1.82, 2.24) is 10.3 Å². The number of aromatic amines is 1. The molecule has 5 nitrogen and oxygen atoms in total. The SMILES string of the molecule is COc1ccc(CCNC(N)=NCCc2c[nH]c3cc(F)ccc23)cc1. The van der Waals surface area contributed by atoms with Crippen LogP contribution in [0.1, 0.15) is 11.1 Å². The van der Waals surface area contributed by atoms with Crippen LogP contribution in [-0.4, -0.2) is 31.1 Å². The van der Waals surface area contributed by atoms with E-state index in [1.54, 1.807) is 13.2 Å². The zero-order chi connectivity index (χ0) is 18.4. The summed E-state index contributed by atoms with van der Waals surface area (Å²) in [4.78, 5) is 7.44. The highest BCUT2D eigenvalue weighted by Gasteiger charge is 2.04. The molecule has 0 aliphatic carbocycles. The summed E-state index contributed by atoms with van der Waals surface area (Å²) in [5, 5.41) is 4.14. The van der Waals surface area contributed by atoms with Crippen molar-refractivity contribution in [2.24, 2.45) is 10.7 Å². The van der Waals surface area contributed by atoms with Crippen LogP contribution in [0.5, 0.6) is 5.75 Å². The number of aliphatic imine (C=N–C) groups is 1. The van der Waals surface area contributed by atoms with E-state index in [2.05, 4.69) is 15.3 Å². The fourth-order valence-corrected chi connectivity index (χ4v) is 2.85. The van der Waals surface area contributed by atoms with Crippen LogP contribution in [0.15, 0.2) is 53.7 Å². The lowest BCUT2D eigenvalue weighted by molar-refractivity contribution is 0.414. The number of aromatic nitrogens is 1. The molecule has 0 saturated carbocycles. The molecule has 26 heavy (non-hydrogen) atoms. The Morgan fingerprint density at radius 2 is 2.00 bits per heavy atom. The third-order valence-corrected chi connectivity index (χ3v) is 4.27. The number of H-pyrrole nitrogens is 1. The van der Waals surface area contributed by atoms with Crippen LogP contribution in [0.3, 0.4) is 0 Å². The van der Waals surface area contributed by atoms with Gasteiger partial charge in [0.25, 0.3) is 0 Å². The number of fused-ring (bicyclic) bond motifs is 1. The Morgan fingerprint density at radius 3 is 2.77 bits per heavy atom. The lowest BCUT2D eigenvalue weighted by atomic mass is 10.1. The molecular weight excluding hydrogens is 331 g/mol. The van der Waals surface area contributed by atoms with Crippen molar-refractivity contribution in [3.63, 3.8) is 0 Å². The molecule has 1 heterocycles. The van der Waals surface area contributed by atoms with E-state index in [1.165, 1.54) is 17.7 Å². The molecule has 0 bridgehead atoms. The summed E-state index contributed by atoms with van der Waals surface area (Å²) in [5.74, 6) is 1.04. The van der Waals surface area contributed by atoms with Crippen molar-refractivity contribution in [3.8, 4) is 5.75 Å². The summed E-state index contributed by atoms with van der Waals surface area (Å²) in [6.07, 6.45) is 3.49. The Kier molecular flexibility index (Phi) is 5.73. The first-order valence-corrected chi connectivity index (χ1v) is 8.58. The van der Waals surface area contributed by atoms with Gasteiger partial charge in [-0.05, 0) is 54.3 Å². The molecule has 0 atom stereocenters. The van der Waals surface area contributed by atoms with Gasteiger partial charge in [0.1, 0.15) is 11.6 Å². The number of benzene rings is 2. The quantitative estimate of drug-likeness (QED) is 0.451. The molecule has 136 valence electrons.